The van der Waals surface area contributed by atoms with E-state index in [1.165, 1.54) is 11.5 Å². The lowest BCUT2D eigenvalue weighted by Gasteiger charge is -2.14. The maximum atomic E-state index is 13.9. The quantitative estimate of drug-likeness (QED) is 0.266. The number of carboxylic acids is 1. The van der Waals surface area contributed by atoms with Gasteiger partial charge < -0.3 is 9.84 Å². The minimum absolute atomic E-state index is 0.0517. The summed E-state index contributed by atoms with van der Waals surface area (Å²) in [4.78, 5) is 26.5. The first kappa shape index (κ1) is 21.5. The van der Waals surface area contributed by atoms with Crippen molar-refractivity contribution in [3.05, 3.63) is 82.4 Å². The number of hydrogen-bond acceptors (Lipinski definition) is 9. The monoisotopic (exact) mass is 500 g/mol. The molecule has 2 aromatic heterocycles. The van der Waals surface area contributed by atoms with Gasteiger partial charge in [0.1, 0.15) is 22.3 Å². The lowest BCUT2D eigenvalue weighted by atomic mass is 9.89. The number of nitrogens with zero attached hydrogens (tertiary/aromatic N) is 4. The topological polar surface area (TPSA) is 115 Å². The molecule has 10 heteroatoms. The second kappa shape index (κ2) is 8.64. The van der Waals surface area contributed by atoms with Crippen LogP contribution in [0.4, 0.5) is 0 Å². The van der Waals surface area contributed by atoms with Gasteiger partial charge in [-0.25, -0.2) is 4.79 Å². The zero-order valence-corrected chi connectivity index (χ0v) is 19.7. The van der Waals surface area contributed by atoms with Gasteiger partial charge in [0.25, 0.3) is 0 Å². The molecule has 0 bridgehead atoms. The number of fused-ring (bicyclic) bond motifs is 3. The standard InChI is InChI=1S/C25H16N4O4S2/c30-24(16-3-6-21-14(11-16)7-8-33-21)17(9-13-1-4-19-22(10-13)34-29-26-19)23(25(31)32)15-2-5-18-20(12-15)28-35-27-18/h1-6,10-12H,7-9H2,(H,31,32). The molecular weight excluding hydrogens is 484 g/mol. The highest BCUT2D eigenvalue weighted by atomic mass is 32.1. The normalized spacial score (nSPS) is 13.5. The maximum Gasteiger partial charge on any atom is 0.336 e. The molecule has 0 aliphatic carbocycles. The number of ketones is 1. The Bertz CT molecular complexity index is 1670. The van der Waals surface area contributed by atoms with E-state index in [1.807, 2.05) is 18.2 Å². The molecule has 35 heavy (non-hydrogen) atoms. The summed E-state index contributed by atoms with van der Waals surface area (Å²) in [6.45, 7) is 0.570. The summed E-state index contributed by atoms with van der Waals surface area (Å²) < 4.78 is 18.8. The van der Waals surface area contributed by atoms with Gasteiger partial charge in [0.05, 0.1) is 28.6 Å². The van der Waals surface area contributed by atoms with Crippen molar-refractivity contribution in [3.8, 4) is 5.75 Å². The highest BCUT2D eigenvalue weighted by Gasteiger charge is 2.26. The zero-order chi connectivity index (χ0) is 23.9. The average molecular weight is 501 g/mol. The van der Waals surface area contributed by atoms with Crippen LogP contribution >= 0.6 is 23.3 Å². The Balaban J connectivity index is 1.52. The van der Waals surface area contributed by atoms with E-state index >= 15 is 0 Å². The van der Waals surface area contributed by atoms with Gasteiger partial charge in [-0.1, -0.05) is 16.6 Å². The number of hydrogen-bond donors (Lipinski definition) is 1. The van der Waals surface area contributed by atoms with Crippen LogP contribution in [0.2, 0.25) is 0 Å². The largest absolute Gasteiger partial charge is 0.493 e. The molecule has 0 radical (unpaired) electrons. The molecule has 3 heterocycles. The third kappa shape index (κ3) is 3.96. The number of aliphatic carboxylic acids is 1. The number of carboxylic acid groups (broad SMARTS) is 1. The van der Waals surface area contributed by atoms with Crippen molar-refractivity contribution in [2.45, 2.75) is 12.8 Å². The van der Waals surface area contributed by atoms with Crippen molar-refractivity contribution in [1.82, 2.24) is 18.3 Å². The van der Waals surface area contributed by atoms with E-state index in [4.69, 9.17) is 4.74 Å². The van der Waals surface area contributed by atoms with Crippen LogP contribution in [0, 0.1) is 0 Å². The molecule has 8 nitrogen and oxygen atoms in total. The van der Waals surface area contributed by atoms with Crippen molar-refractivity contribution >= 4 is 61.8 Å². The number of ether oxygens (including phenoxy) is 1. The fourth-order valence-electron chi connectivity index (χ4n) is 4.29. The highest BCUT2D eigenvalue weighted by Crippen LogP contribution is 2.31. The van der Waals surface area contributed by atoms with Crippen LogP contribution in [-0.4, -0.2) is 41.8 Å². The molecule has 0 unspecified atom stereocenters. The number of carbonyl (C=O) groups is 2. The minimum atomic E-state index is -1.18. The summed E-state index contributed by atoms with van der Waals surface area (Å²) in [6, 6.07) is 15.9. The van der Waals surface area contributed by atoms with Gasteiger partial charge in [-0.05, 0) is 70.7 Å². The van der Waals surface area contributed by atoms with Crippen molar-refractivity contribution in [3.63, 3.8) is 0 Å². The van der Waals surface area contributed by atoms with E-state index < -0.39 is 5.97 Å². The molecule has 3 aromatic carbocycles. The van der Waals surface area contributed by atoms with E-state index in [9.17, 15) is 14.7 Å². The van der Waals surface area contributed by atoms with Gasteiger partial charge in [0.15, 0.2) is 5.78 Å². The predicted molar refractivity (Wildman–Crippen MR) is 133 cm³/mol. The lowest BCUT2D eigenvalue weighted by Crippen LogP contribution is -2.14. The molecule has 0 saturated carbocycles. The second-order valence-corrected chi connectivity index (χ2v) is 9.44. The van der Waals surface area contributed by atoms with Crippen LogP contribution in [0.15, 0.2) is 60.2 Å². The predicted octanol–water partition coefficient (Wildman–Crippen LogP) is 4.59. The fraction of sp³-hybridized carbons (Fsp3) is 0.120. The average Bonchev–Trinajstić information content (AvgIpc) is 3.62. The summed E-state index contributed by atoms with van der Waals surface area (Å²) in [5.74, 6) is -0.757. The molecule has 0 saturated heterocycles. The molecule has 1 aliphatic heterocycles. The Morgan fingerprint density at radius 2 is 1.77 bits per heavy atom. The van der Waals surface area contributed by atoms with Gasteiger partial charge >= 0.3 is 5.97 Å². The molecule has 0 amide bonds. The summed E-state index contributed by atoms with van der Waals surface area (Å²) in [7, 11) is 0. The Labute approximate surface area is 207 Å². The van der Waals surface area contributed by atoms with Crippen LogP contribution in [0.25, 0.3) is 26.8 Å². The number of rotatable bonds is 6. The third-order valence-corrected chi connectivity index (χ3v) is 7.22. The fourth-order valence-corrected chi connectivity index (χ4v) is 5.43. The van der Waals surface area contributed by atoms with Gasteiger partial charge in [-0.2, -0.15) is 8.75 Å². The van der Waals surface area contributed by atoms with E-state index in [2.05, 4.69) is 18.3 Å². The molecule has 172 valence electrons. The molecule has 1 N–H and O–H groups in total. The summed E-state index contributed by atoms with van der Waals surface area (Å²) in [5, 5.41) is 14.4. The molecule has 6 rings (SSSR count). The van der Waals surface area contributed by atoms with Gasteiger partial charge in [0.2, 0.25) is 0 Å². The first-order valence-corrected chi connectivity index (χ1v) is 12.3. The molecule has 1 aliphatic rings. The molecule has 0 spiro atoms. The second-order valence-electron chi connectivity index (χ2n) is 8.13. The van der Waals surface area contributed by atoms with Crippen LogP contribution in [0.5, 0.6) is 5.75 Å². The molecular formula is C25H16N4O4S2. The van der Waals surface area contributed by atoms with Crippen LogP contribution in [-0.2, 0) is 17.6 Å². The van der Waals surface area contributed by atoms with E-state index in [1.54, 1.807) is 36.4 Å². The smallest absolute Gasteiger partial charge is 0.336 e. The number of carbonyl (C=O) groups excluding carboxylic acids is 1. The number of Topliss-reactive ketones (excluding diaryl/α,β-unsaturated/α-hetero) is 1. The first-order chi connectivity index (χ1) is 17.1. The van der Waals surface area contributed by atoms with Gasteiger partial charge in [-0.15, -0.1) is 5.10 Å². The Morgan fingerprint density at radius 3 is 2.66 bits per heavy atom. The van der Waals surface area contributed by atoms with E-state index in [0.29, 0.717) is 35.2 Å². The van der Waals surface area contributed by atoms with Gasteiger partial charge in [-0.3, -0.25) is 4.79 Å². The summed E-state index contributed by atoms with van der Waals surface area (Å²) in [5.41, 5.74) is 4.74. The number of benzene rings is 3. The summed E-state index contributed by atoms with van der Waals surface area (Å²) in [6.07, 6.45) is 0.846. The molecule has 0 atom stereocenters. The van der Waals surface area contributed by atoms with E-state index in [-0.39, 0.29) is 23.4 Å². The van der Waals surface area contributed by atoms with Crippen molar-refractivity contribution < 1.29 is 19.4 Å². The first-order valence-electron chi connectivity index (χ1n) is 10.8. The lowest BCUT2D eigenvalue weighted by molar-refractivity contribution is -0.130. The maximum absolute atomic E-state index is 13.9. The minimum Gasteiger partial charge on any atom is -0.493 e. The number of aromatic nitrogens is 4. The summed E-state index contributed by atoms with van der Waals surface area (Å²) >= 11 is 2.31. The van der Waals surface area contributed by atoms with Crippen molar-refractivity contribution in [1.29, 1.82) is 0 Å². The molecule has 5 aromatic rings. The van der Waals surface area contributed by atoms with Gasteiger partial charge in [0, 0.05) is 24.0 Å². The Morgan fingerprint density at radius 1 is 0.943 bits per heavy atom. The Kier molecular flexibility index (Phi) is 5.31. The third-order valence-electron chi connectivity index (χ3n) is 5.98. The van der Waals surface area contributed by atoms with Crippen LogP contribution < -0.4 is 4.74 Å². The van der Waals surface area contributed by atoms with E-state index in [0.717, 1.165) is 38.8 Å². The SMILES string of the molecule is O=C(O)C(=C(Cc1ccc2nnsc2c1)C(=O)c1ccc2c(c1)CCO2)c1ccc2nsnc2c1. The zero-order valence-electron chi connectivity index (χ0n) is 18.1. The van der Waals surface area contributed by atoms with Crippen LogP contribution in [0.3, 0.4) is 0 Å². The van der Waals surface area contributed by atoms with Crippen molar-refractivity contribution in [2.24, 2.45) is 0 Å². The van der Waals surface area contributed by atoms with Crippen molar-refractivity contribution in [2.75, 3.05) is 6.61 Å². The molecule has 0 fully saturated rings. The van der Waals surface area contributed by atoms with Crippen LogP contribution in [0.1, 0.15) is 27.0 Å². The number of allylic oxidation sites excluding steroid dienone is 1. The highest BCUT2D eigenvalue weighted by molar-refractivity contribution is 7.12. The Hall–Kier alpha value is -4.02.